The molecule has 5 nitrogen and oxygen atoms in total. The number of rotatable bonds is 4. The third-order valence-electron chi connectivity index (χ3n) is 3.75. The van der Waals surface area contributed by atoms with Crippen molar-refractivity contribution < 1.29 is 9.53 Å². The Morgan fingerprint density at radius 3 is 2.68 bits per heavy atom. The zero-order chi connectivity index (χ0) is 15.4. The molecule has 0 amide bonds. The van der Waals surface area contributed by atoms with Crippen molar-refractivity contribution in [1.82, 2.24) is 10.2 Å². The molecular weight excluding hydrogens is 278 g/mol. The summed E-state index contributed by atoms with van der Waals surface area (Å²) >= 11 is 0. The van der Waals surface area contributed by atoms with Crippen LogP contribution < -0.4 is 4.90 Å². The maximum absolute atomic E-state index is 11.8. The molecule has 2 heterocycles. The molecule has 0 unspecified atom stereocenters. The van der Waals surface area contributed by atoms with Gasteiger partial charge in [-0.05, 0) is 44.0 Å². The second-order valence-corrected chi connectivity index (χ2v) is 5.27. The van der Waals surface area contributed by atoms with Crippen LogP contribution in [0.25, 0.3) is 11.3 Å². The molecule has 0 spiro atoms. The summed E-state index contributed by atoms with van der Waals surface area (Å²) in [5, 5.41) is 8.60. The van der Waals surface area contributed by atoms with Crippen molar-refractivity contribution >= 4 is 11.8 Å². The van der Waals surface area contributed by atoms with Gasteiger partial charge in [0.05, 0.1) is 17.9 Å². The SMILES string of the molecule is CCOC(=O)c1cccc(-c2ccc(N3CCCC3)nn2)c1. The largest absolute Gasteiger partial charge is 0.462 e. The van der Waals surface area contributed by atoms with E-state index in [1.807, 2.05) is 24.3 Å². The van der Waals surface area contributed by atoms with Gasteiger partial charge >= 0.3 is 5.97 Å². The molecule has 1 aliphatic heterocycles. The minimum Gasteiger partial charge on any atom is -0.462 e. The Labute approximate surface area is 129 Å². The molecule has 1 aromatic carbocycles. The predicted octanol–water partition coefficient (Wildman–Crippen LogP) is 2.92. The first-order chi connectivity index (χ1) is 10.8. The number of esters is 1. The third-order valence-corrected chi connectivity index (χ3v) is 3.75. The molecule has 3 rings (SSSR count). The van der Waals surface area contributed by atoms with Gasteiger partial charge in [-0.3, -0.25) is 0 Å². The highest BCUT2D eigenvalue weighted by Gasteiger charge is 2.14. The van der Waals surface area contributed by atoms with Crippen LogP contribution >= 0.6 is 0 Å². The summed E-state index contributed by atoms with van der Waals surface area (Å²) in [5.41, 5.74) is 2.16. The summed E-state index contributed by atoms with van der Waals surface area (Å²) in [6, 6.07) is 11.2. The number of carbonyl (C=O) groups excluding carboxylic acids is 1. The maximum atomic E-state index is 11.8. The lowest BCUT2D eigenvalue weighted by Gasteiger charge is -2.15. The molecule has 0 saturated carbocycles. The van der Waals surface area contributed by atoms with Gasteiger partial charge in [0.15, 0.2) is 5.82 Å². The van der Waals surface area contributed by atoms with Gasteiger partial charge in [0.25, 0.3) is 0 Å². The number of benzene rings is 1. The molecule has 2 aromatic rings. The molecule has 0 bridgehead atoms. The molecule has 0 N–H and O–H groups in total. The van der Waals surface area contributed by atoms with Gasteiger partial charge in [-0.15, -0.1) is 10.2 Å². The van der Waals surface area contributed by atoms with Crippen molar-refractivity contribution in [3.05, 3.63) is 42.0 Å². The van der Waals surface area contributed by atoms with E-state index in [9.17, 15) is 4.79 Å². The van der Waals surface area contributed by atoms with Gasteiger partial charge in [0.1, 0.15) is 0 Å². The first-order valence-electron chi connectivity index (χ1n) is 7.64. The Balaban J connectivity index is 1.81. The highest BCUT2D eigenvalue weighted by molar-refractivity contribution is 5.90. The van der Waals surface area contributed by atoms with Gasteiger partial charge in [0.2, 0.25) is 0 Å². The summed E-state index contributed by atoms with van der Waals surface area (Å²) in [7, 11) is 0. The Hall–Kier alpha value is -2.43. The van der Waals surface area contributed by atoms with Crippen molar-refractivity contribution in [3.63, 3.8) is 0 Å². The van der Waals surface area contributed by atoms with Crippen LogP contribution in [0.2, 0.25) is 0 Å². The van der Waals surface area contributed by atoms with Crippen molar-refractivity contribution in [1.29, 1.82) is 0 Å². The maximum Gasteiger partial charge on any atom is 0.338 e. The molecule has 0 atom stereocenters. The van der Waals surface area contributed by atoms with E-state index in [2.05, 4.69) is 15.1 Å². The van der Waals surface area contributed by atoms with Gasteiger partial charge in [0, 0.05) is 18.7 Å². The second kappa shape index (κ2) is 6.56. The Kier molecular flexibility index (Phi) is 4.32. The van der Waals surface area contributed by atoms with Crippen molar-refractivity contribution in [2.45, 2.75) is 19.8 Å². The molecule has 0 aliphatic carbocycles. The van der Waals surface area contributed by atoms with Crippen LogP contribution in [-0.2, 0) is 4.74 Å². The first-order valence-corrected chi connectivity index (χ1v) is 7.64. The lowest BCUT2D eigenvalue weighted by molar-refractivity contribution is 0.0526. The molecule has 114 valence electrons. The molecule has 1 aliphatic rings. The van der Waals surface area contributed by atoms with E-state index in [-0.39, 0.29) is 5.97 Å². The quantitative estimate of drug-likeness (QED) is 0.812. The minimum atomic E-state index is -0.314. The fraction of sp³-hybridized carbons (Fsp3) is 0.353. The zero-order valence-corrected chi connectivity index (χ0v) is 12.7. The van der Waals surface area contributed by atoms with Gasteiger partial charge < -0.3 is 9.64 Å². The fourth-order valence-electron chi connectivity index (χ4n) is 2.61. The highest BCUT2D eigenvalue weighted by atomic mass is 16.5. The summed E-state index contributed by atoms with van der Waals surface area (Å²) in [6.45, 7) is 4.26. The second-order valence-electron chi connectivity index (χ2n) is 5.27. The van der Waals surface area contributed by atoms with E-state index in [4.69, 9.17) is 4.74 Å². The number of nitrogens with zero attached hydrogens (tertiary/aromatic N) is 3. The number of ether oxygens (including phenoxy) is 1. The number of carbonyl (C=O) groups is 1. The van der Waals surface area contributed by atoms with Crippen LogP contribution in [0.4, 0.5) is 5.82 Å². The average Bonchev–Trinajstić information content (AvgIpc) is 3.10. The fourth-order valence-corrected chi connectivity index (χ4v) is 2.61. The molecule has 1 fully saturated rings. The lowest BCUT2D eigenvalue weighted by Crippen LogP contribution is -2.19. The van der Waals surface area contributed by atoms with Gasteiger partial charge in [-0.2, -0.15) is 0 Å². The normalized spacial score (nSPS) is 14.1. The van der Waals surface area contributed by atoms with Crippen LogP contribution in [0, 0.1) is 0 Å². The minimum absolute atomic E-state index is 0.314. The summed E-state index contributed by atoms with van der Waals surface area (Å²) in [5.74, 6) is 0.605. The topological polar surface area (TPSA) is 55.3 Å². The Morgan fingerprint density at radius 2 is 2.00 bits per heavy atom. The van der Waals surface area contributed by atoms with Crippen LogP contribution in [0.5, 0.6) is 0 Å². The van der Waals surface area contributed by atoms with Crippen molar-refractivity contribution in [2.24, 2.45) is 0 Å². The molecule has 1 aromatic heterocycles. The van der Waals surface area contributed by atoms with Crippen molar-refractivity contribution in [2.75, 3.05) is 24.6 Å². The average molecular weight is 297 g/mol. The lowest BCUT2D eigenvalue weighted by atomic mass is 10.1. The number of anilines is 1. The number of aromatic nitrogens is 2. The van der Waals surface area contributed by atoms with E-state index >= 15 is 0 Å². The summed E-state index contributed by atoms with van der Waals surface area (Å²) in [4.78, 5) is 14.0. The Morgan fingerprint density at radius 1 is 1.18 bits per heavy atom. The first kappa shape index (κ1) is 14.5. The smallest absolute Gasteiger partial charge is 0.338 e. The molecule has 1 saturated heterocycles. The van der Waals surface area contributed by atoms with E-state index in [1.54, 1.807) is 19.1 Å². The van der Waals surface area contributed by atoms with Crippen LogP contribution in [-0.4, -0.2) is 35.9 Å². The highest BCUT2D eigenvalue weighted by Crippen LogP contribution is 2.22. The van der Waals surface area contributed by atoms with E-state index in [0.29, 0.717) is 12.2 Å². The van der Waals surface area contributed by atoms with Crippen LogP contribution in [0.3, 0.4) is 0 Å². The van der Waals surface area contributed by atoms with Crippen molar-refractivity contribution in [3.8, 4) is 11.3 Å². The predicted molar refractivity (Wildman–Crippen MR) is 84.9 cm³/mol. The summed E-state index contributed by atoms with van der Waals surface area (Å²) < 4.78 is 5.02. The van der Waals surface area contributed by atoms with Gasteiger partial charge in [-0.1, -0.05) is 12.1 Å². The van der Waals surface area contributed by atoms with E-state index in [0.717, 1.165) is 30.2 Å². The molecule has 22 heavy (non-hydrogen) atoms. The molecule has 5 heteroatoms. The van der Waals surface area contributed by atoms with E-state index < -0.39 is 0 Å². The van der Waals surface area contributed by atoms with Gasteiger partial charge in [-0.25, -0.2) is 4.79 Å². The zero-order valence-electron chi connectivity index (χ0n) is 12.7. The standard InChI is InChI=1S/C17H19N3O2/c1-2-22-17(21)14-7-5-6-13(12-14)15-8-9-16(19-18-15)20-10-3-4-11-20/h5-9,12H,2-4,10-11H2,1H3. The Bertz CT molecular complexity index is 649. The monoisotopic (exact) mass is 297 g/mol. The number of hydrogen-bond acceptors (Lipinski definition) is 5. The van der Waals surface area contributed by atoms with Crippen LogP contribution in [0.15, 0.2) is 36.4 Å². The summed E-state index contributed by atoms with van der Waals surface area (Å²) in [6.07, 6.45) is 2.43. The third kappa shape index (κ3) is 3.08. The van der Waals surface area contributed by atoms with Crippen LogP contribution in [0.1, 0.15) is 30.1 Å². The van der Waals surface area contributed by atoms with E-state index in [1.165, 1.54) is 12.8 Å². The number of hydrogen-bond donors (Lipinski definition) is 0. The molecular formula is C17H19N3O2. The molecule has 0 radical (unpaired) electrons.